The van der Waals surface area contributed by atoms with E-state index in [2.05, 4.69) is 26.5 Å². The number of nitrogens with zero attached hydrogens (tertiary/aromatic N) is 4. The molecule has 0 spiro atoms. The molecule has 0 atom stereocenters. The van der Waals surface area contributed by atoms with E-state index in [0.717, 1.165) is 37.1 Å². The molecule has 1 fully saturated rings. The molecule has 3 heterocycles. The number of piperidine rings is 1. The first-order valence-electron chi connectivity index (χ1n) is 6.02. The molecule has 0 unspecified atom stereocenters. The van der Waals surface area contributed by atoms with Gasteiger partial charge in [-0.3, -0.25) is 4.57 Å². The molecule has 0 saturated carbocycles. The molecule has 5 heteroatoms. The lowest BCUT2D eigenvalue weighted by atomic mass is 10.1. The Morgan fingerprint density at radius 1 is 1.35 bits per heavy atom. The smallest absolute Gasteiger partial charge is 0.202 e. The third kappa shape index (κ3) is 1.76. The number of hydrogen-bond acceptors (Lipinski definition) is 4. The first kappa shape index (κ1) is 10.5. The van der Waals surface area contributed by atoms with Gasteiger partial charge in [-0.05, 0) is 45.1 Å². The largest absolute Gasteiger partial charge is 0.369 e. The molecule has 1 aliphatic rings. The van der Waals surface area contributed by atoms with Crippen molar-refractivity contribution in [1.82, 2.24) is 19.4 Å². The number of pyridine rings is 1. The van der Waals surface area contributed by atoms with Gasteiger partial charge < -0.3 is 10.6 Å². The summed E-state index contributed by atoms with van der Waals surface area (Å²) in [5.41, 5.74) is 7.83. The molecule has 2 aromatic rings. The summed E-state index contributed by atoms with van der Waals surface area (Å²) in [5.74, 6) is 0.591. The Kier molecular flexibility index (Phi) is 2.48. The molecule has 90 valence electrons. The van der Waals surface area contributed by atoms with Crippen LogP contribution in [0.4, 0.5) is 5.95 Å². The molecule has 3 rings (SSSR count). The zero-order chi connectivity index (χ0) is 11.8. The van der Waals surface area contributed by atoms with E-state index in [0.29, 0.717) is 12.0 Å². The van der Waals surface area contributed by atoms with Crippen LogP contribution in [0.15, 0.2) is 18.3 Å². The quantitative estimate of drug-likeness (QED) is 0.803. The van der Waals surface area contributed by atoms with Crippen molar-refractivity contribution < 1.29 is 0 Å². The zero-order valence-electron chi connectivity index (χ0n) is 10.0. The summed E-state index contributed by atoms with van der Waals surface area (Å²) in [7, 11) is 2.16. The van der Waals surface area contributed by atoms with E-state index < -0.39 is 0 Å². The van der Waals surface area contributed by atoms with Crippen LogP contribution in [0, 0.1) is 0 Å². The number of hydrogen-bond donors (Lipinski definition) is 1. The van der Waals surface area contributed by atoms with Gasteiger partial charge in [0.2, 0.25) is 5.95 Å². The molecule has 2 N–H and O–H groups in total. The maximum atomic E-state index is 6.02. The third-order valence-corrected chi connectivity index (χ3v) is 3.53. The standard InChI is InChI=1S/C12H17N5/c1-16-7-4-9(5-8-16)17-11-10(15-12(17)13)3-2-6-14-11/h2-3,6,9H,4-5,7-8H2,1H3,(H2,13,15). The number of nitrogens with two attached hydrogens (primary N) is 1. The second-order valence-corrected chi connectivity index (χ2v) is 4.72. The Balaban J connectivity index is 2.02. The maximum Gasteiger partial charge on any atom is 0.202 e. The van der Waals surface area contributed by atoms with Gasteiger partial charge in [0.1, 0.15) is 5.52 Å². The monoisotopic (exact) mass is 231 g/mol. The van der Waals surface area contributed by atoms with Crippen molar-refractivity contribution in [2.24, 2.45) is 0 Å². The fourth-order valence-corrected chi connectivity index (χ4v) is 2.56. The highest BCUT2D eigenvalue weighted by Crippen LogP contribution is 2.28. The fourth-order valence-electron chi connectivity index (χ4n) is 2.56. The Morgan fingerprint density at radius 3 is 2.88 bits per heavy atom. The molecule has 1 saturated heterocycles. The fraction of sp³-hybridized carbons (Fsp3) is 0.500. The lowest BCUT2D eigenvalue weighted by molar-refractivity contribution is 0.224. The van der Waals surface area contributed by atoms with Gasteiger partial charge in [-0.25, -0.2) is 9.97 Å². The molecule has 0 radical (unpaired) electrons. The molecule has 0 amide bonds. The molecular weight excluding hydrogens is 214 g/mol. The van der Waals surface area contributed by atoms with Crippen LogP contribution in [0.5, 0.6) is 0 Å². The average molecular weight is 231 g/mol. The van der Waals surface area contributed by atoms with Crippen molar-refractivity contribution in [2.75, 3.05) is 25.9 Å². The van der Waals surface area contributed by atoms with Gasteiger partial charge in [-0.1, -0.05) is 0 Å². The lowest BCUT2D eigenvalue weighted by Crippen LogP contribution is -2.31. The van der Waals surface area contributed by atoms with Gasteiger partial charge in [0.25, 0.3) is 0 Å². The predicted octanol–water partition coefficient (Wildman–Crippen LogP) is 1.28. The Morgan fingerprint density at radius 2 is 2.12 bits per heavy atom. The predicted molar refractivity (Wildman–Crippen MR) is 67.7 cm³/mol. The van der Waals surface area contributed by atoms with Crippen LogP contribution in [0.3, 0.4) is 0 Å². The van der Waals surface area contributed by atoms with E-state index >= 15 is 0 Å². The highest BCUT2D eigenvalue weighted by atomic mass is 15.2. The van der Waals surface area contributed by atoms with Gasteiger partial charge in [0.05, 0.1) is 0 Å². The minimum absolute atomic E-state index is 0.436. The van der Waals surface area contributed by atoms with E-state index in [1.807, 2.05) is 12.1 Å². The summed E-state index contributed by atoms with van der Waals surface area (Å²) >= 11 is 0. The van der Waals surface area contributed by atoms with E-state index in [-0.39, 0.29) is 0 Å². The SMILES string of the molecule is CN1CCC(n2c(N)nc3cccnc32)CC1. The highest BCUT2D eigenvalue weighted by molar-refractivity contribution is 5.73. The van der Waals surface area contributed by atoms with Crippen LogP contribution < -0.4 is 5.73 Å². The molecule has 0 aliphatic carbocycles. The topological polar surface area (TPSA) is 60.0 Å². The van der Waals surface area contributed by atoms with Crippen LogP contribution in [-0.2, 0) is 0 Å². The van der Waals surface area contributed by atoms with E-state index in [1.165, 1.54) is 0 Å². The van der Waals surface area contributed by atoms with Gasteiger partial charge in [-0.2, -0.15) is 0 Å². The summed E-state index contributed by atoms with van der Waals surface area (Å²) < 4.78 is 2.10. The second-order valence-electron chi connectivity index (χ2n) is 4.72. The molecule has 1 aliphatic heterocycles. The van der Waals surface area contributed by atoms with Crippen LogP contribution in [0.2, 0.25) is 0 Å². The first-order valence-corrected chi connectivity index (χ1v) is 6.02. The minimum atomic E-state index is 0.436. The summed E-state index contributed by atoms with van der Waals surface area (Å²) in [6.45, 7) is 2.22. The zero-order valence-corrected chi connectivity index (χ0v) is 10.0. The first-order chi connectivity index (χ1) is 8.25. The number of anilines is 1. The van der Waals surface area contributed by atoms with Gasteiger partial charge in [0.15, 0.2) is 5.65 Å². The maximum absolute atomic E-state index is 6.02. The van der Waals surface area contributed by atoms with Gasteiger partial charge >= 0.3 is 0 Å². The number of imidazole rings is 1. The molecule has 0 aromatic carbocycles. The number of likely N-dealkylation sites (tertiary alicyclic amines) is 1. The van der Waals surface area contributed by atoms with Crippen molar-refractivity contribution in [1.29, 1.82) is 0 Å². The number of fused-ring (bicyclic) bond motifs is 1. The second kappa shape index (κ2) is 4.00. The van der Waals surface area contributed by atoms with Crippen LogP contribution in [0.25, 0.3) is 11.2 Å². The van der Waals surface area contributed by atoms with E-state index in [9.17, 15) is 0 Å². The molecule has 17 heavy (non-hydrogen) atoms. The molecule has 5 nitrogen and oxygen atoms in total. The molecule has 2 aromatic heterocycles. The average Bonchev–Trinajstić information content (AvgIpc) is 2.66. The summed E-state index contributed by atoms with van der Waals surface area (Å²) in [6, 6.07) is 4.30. The number of nitrogen functional groups attached to an aromatic ring is 1. The minimum Gasteiger partial charge on any atom is -0.369 e. The third-order valence-electron chi connectivity index (χ3n) is 3.53. The van der Waals surface area contributed by atoms with Gasteiger partial charge in [0, 0.05) is 12.2 Å². The van der Waals surface area contributed by atoms with Crippen molar-refractivity contribution in [3.05, 3.63) is 18.3 Å². The highest BCUT2D eigenvalue weighted by Gasteiger charge is 2.22. The van der Waals surface area contributed by atoms with E-state index in [4.69, 9.17) is 5.73 Å². The Bertz CT molecular complexity index is 525. The molecule has 0 bridgehead atoms. The Hall–Kier alpha value is -1.62. The summed E-state index contributed by atoms with van der Waals surface area (Å²) in [4.78, 5) is 11.1. The van der Waals surface area contributed by atoms with Gasteiger partial charge in [-0.15, -0.1) is 0 Å². The molecular formula is C12H17N5. The normalized spacial score (nSPS) is 18.9. The van der Waals surface area contributed by atoms with Crippen LogP contribution in [0.1, 0.15) is 18.9 Å². The summed E-state index contributed by atoms with van der Waals surface area (Å²) in [5, 5.41) is 0. The van der Waals surface area contributed by atoms with Crippen molar-refractivity contribution >= 4 is 17.1 Å². The lowest BCUT2D eigenvalue weighted by Gasteiger charge is -2.30. The number of rotatable bonds is 1. The van der Waals surface area contributed by atoms with Crippen molar-refractivity contribution in [2.45, 2.75) is 18.9 Å². The van der Waals surface area contributed by atoms with E-state index in [1.54, 1.807) is 6.20 Å². The van der Waals surface area contributed by atoms with Crippen LogP contribution >= 0.6 is 0 Å². The Labute approximate surface area is 100 Å². The van der Waals surface area contributed by atoms with Crippen molar-refractivity contribution in [3.63, 3.8) is 0 Å². The van der Waals surface area contributed by atoms with Crippen molar-refractivity contribution in [3.8, 4) is 0 Å². The van der Waals surface area contributed by atoms with Crippen LogP contribution in [-0.4, -0.2) is 39.6 Å². The summed E-state index contributed by atoms with van der Waals surface area (Å²) in [6.07, 6.45) is 4.03. The number of aromatic nitrogens is 3.